The highest BCUT2D eigenvalue weighted by molar-refractivity contribution is 8.00. The van der Waals surface area contributed by atoms with E-state index in [0.717, 1.165) is 43.1 Å². The molecule has 1 aromatic rings. The molecule has 0 spiro atoms. The molecule has 0 radical (unpaired) electrons. The van der Waals surface area contributed by atoms with Gasteiger partial charge in [-0.05, 0) is 18.6 Å². The molecule has 1 aliphatic heterocycles. The minimum Gasteiger partial charge on any atom is -0.383 e. The maximum atomic E-state index is 14.2. The predicted octanol–water partition coefficient (Wildman–Crippen LogP) is 2.89. The number of benzene rings is 1. The average molecular weight is 312 g/mol. The van der Waals surface area contributed by atoms with E-state index in [-0.39, 0.29) is 5.82 Å². The molecule has 0 amide bonds. The Balaban J connectivity index is 2.08. The summed E-state index contributed by atoms with van der Waals surface area (Å²) in [6, 6.07) is 5.40. The van der Waals surface area contributed by atoms with Crippen molar-refractivity contribution < 1.29 is 9.13 Å². The van der Waals surface area contributed by atoms with Gasteiger partial charge < -0.3 is 15.0 Å². The lowest BCUT2D eigenvalue weighted by molar-refractivity contribution is 0.199. The summed E-state index contributed by atoms with van der Waals surface area (Å²) >= 11 is 2.03. The third-order valence-electron chi connectivity index (χ3n) is 3.81. The van der Waals surface area contributed by atoms with E-state index in [1.54, 1.807) is 13.2 Å². The number of nitrogens with one attached hydrogen (secondary N) is 1. The van der Waals surface area contributed by atoms with Crippen molar-refractivity contribution in [3.05, 3.63) is 29.6 Å². The van der Waals surface area contributed by atoms with Crippen LogP contribution in [0, 0.1) is 5.82 Å². The molecule has 1 aliphatic rings. The molecule has 21 heavy (non-hydrogen) atoms. The van der Waals surface area contributed by atoms with E-state index in [1.165, 1.54) is 0 Å². The average Bonchev–Trinajstić information content (AvgIpc) is 2.52. The zero-order valence-corrected chi connectivity index (χ0v) is 13.7. The molecule has 5 heteroatoms. The second-order valence-electron chi connectivity index (χ2n) is 5.25. The molecule has 3 nitrogen and oxygen atoms in total. The number of thioether (sulfide) groups is 1. The fraction of sp³-hybridized carbons (Fsp3) is 0.625. The highest BCUT2D eigenvalue weighted by Gasteiger charge is 2.22. The molecule has 0 aliphatic carbocycles. The molecule has 1 heterocycles. The third-order valence-corrected chi connectivity index (χ3v) is 5.19. The predicted molar refractivity (Wildman–Crippen MR) is 88.7 cm³/mol. The highest BCUT2D eigenvalue weighted by Crippen LogP contribution is 2.29. The van der Waals surface area contributed by atoms with Gasteiger partial charge in [0, 0.05) is 55.5 Å². The van der Waals surface area contributed by atoms with Crippen LogP contribution < -0.4 is 10.2 Å². The number of rotatable bonds is 7. The first-order valence-corrected chi connectivity index (χ1v) is 8.64. The summed E-state index contributed by atoms with van der Waals surface area (Å²) in [5, 5.41) is 3.90. The van der Waals surface area contributed by atoms with Gasteiger partial charge in [0.1, 0.15) is 5.82 Å². The second kappa shape index (κ2) is 8.61. The van der Waals surface area contributed by atoms with Crippen LogP contribution >= 0.6 is 11.8 Å². The molecule has 0 bridgehead atoms. The SMILES string of the molecule is CCC1CN(c2cccc(F)c2CNCCOC)CCS1. The lowest BCUT2D eigenvalue weighted by Gasteiger charge is -2.35. The van der Waals surface area contributed by atoms with Gasteiger partial charge in [-0.2, -0.15) is 11.8 Å². The third kappa shape index (κ3) is 4.59. The van der Waals surface area contributed by atoms with Crippen LogP contribution in [0.2, 0.25) is 0 Å². The minimum atomic E-state index is -0.122. The van der Waals surface area contributed by atoms with E-state index < -0.39 is 0 Å². The van der Waals surface area contributed by atoms with Crippen molar-refractivity contribution in [3.8, 4) is 0 Å². The van der Waals surface area contributed by atoms with Crippen molar-refractivity contribution in [2.45, 2.75) is 25.1 Å². The zero-order valence-electron chi connectivity index (χ0n) is 12.9. The van der Waals surface area contributed by atoms with Crippen LogP contribution in [0.1, 0.15) is 18.9 Å². The largest absolute Gasteiger partial charge is 0.383 e. The number of anilines is 1. The molecule has 118 valence electrons. The van der Waals surface area contributed by atoms with Gasteiger partial charge in [-0.15, -0.1) is 0 Å². The number of hydrogen-bond acceptors (Lipinski definition) is 4. The van der Waals surface area contributed by atoms with Gasteiger partial charge in [0.25, 0.3) is 0 Å². The Morgan fingerprint density at radius 1 is 1.48 bits per heavy atom. The van der Waals surface area contributed by atoms with Crippen LogP contribution in [0.25, 0.3) is 0 Å². The quantitative estimate of drug-likeness (QED) is 0.783. The summed E-state index contributed by atoms with van der Waals surface area (Å²) in [6.07, 6.45) is 1.16. The summed E-state index contributed by atoms with van der Waals surface area (Å²) in [4.78, 5) is 2.33. The van der Waals surface area contributed by atoms with Gasteiger partial charge in [0.2, 0.25) is 0 Å². The van der Waals surface area contributed by atoms with E-state index in [0.29, 0.717) is 18.4 Å². The second-order valence-corrected chi connectivity index (χ2v) is 6.66. The zero-order chi connectivity index (χ0) is 15.1. The molecule has 1 fully saturated rings. The first-order chi connectivity index (χ1) is 10.3. The molecular weight excluding hydrogens is 287 g/mol. The van der Waals surface area contributed by atoms with Crippen LogP contribution in [0.15, 0.2) is 18.2 Å². The highest BCUT2D eigenvalue weighted by atomic mass is 32.2. The molecule has 1 N–H and O–H groups in total. The smallest absolute Gasteiger partial charge is 0.129 e. The van der Waals surface area contributed by atoms with Gasteiger partial charge in [-0.25, -0.2) is 4.39 Å². The normalized spacial score (nSPS) is 19.0. The summed E-state index contributed by atoms with van der Waals surface area (Å²) in [7, 11) is 1.67. The minimum absolute atomic E-state index is 0.122. The van der Waals surface area contributed by atoms with Crippen molar-refractivity contribution in [2.24, 2.45) is 0 Å². The summed E-state index contributed by atoms with van der Waals surface area (Å²) in [6.45, 7) is 6.15. The van der Waals surface area contributed by atoms with Crippen molar-refractivity contribution >= 4 is 17.4 Å². The van der Waals surface area contributed by atoms with Crippen LogP contribution in [0.5, 0.6) is 0 Å². The van der Waals surface area contributed by atoms with Gasteiger partial charge in [0.05, 0.1) is 6.61 Å². The maximum absolute atomic E-state index is 14.2. The van der Waals surface area contributed by atoms with Gasteiger partial charge >= 0.3 is 0 Å². The lowest BCUT2D eigenvalue weighted by atomic mass is 10.1. The monoisotopic (exact) mass is 312 g/mol. The molecule has 0 saturated carbocycles. The molecule has 2 rings (SSSR count). The maximum Gasteiger partial charge on any atom is 0.129 e. The summed E-state index contributed by atoms with van der Waals surface area (Å²) < 4.78 is 19.2. The number of nitrogens with zero attached hydrogens (tertiary/aromatic N) is 1. The molecular formula is C16H25FN2OS. The Morgan fingerprint density at radius 3 is 3.10 bits per heavy atom. The number of ether oxygens (including phenoxy) is 1. The van der Waals surface area contributed by atoms with Crippen LogP contribution in [0.3, 0.4) is 0 Å². The molecule has 1 atom stereocenters. The van der Waals surface area contributed by atoms with Crippen molar-refractivity contribution in [2.75, 3.05) is 44.0 Å². The Kier molecular flexibility index (Phi) is 6.80. The Labute approximate surface area is 131 Å². The molecule has 0 aromatic heterocycles. The molecule has 1 unspecified atom stereocenters. The van der Waals surface area contributed by atoms with E-state index in [4.69, 9.17) is 4.74 Å². The first kappa shape index (κ1) is 16.6. The fourth-order valence-corrected chi connectivity index (χ4v) is 3.77. The van der Waals surface area contributed by atoms with Crippen LogP contribution in [-0.2, 0) is 11.3 Å². The van der Waals surface area contributed by atoms with Crippen LogP contribution in [-0.4, -0.2) is 44.4 Å². The lowest BCUT2D eigenvalue weighted by Crippen LogP contribution is -2.38. The number of halogens is 1. The Morgan fingerprint density at radius 2 is 2.33 bits per heavy atom. The van der Waals surface area contributed by atoms with E-state index in [2.05, 4.69) is 17.1 Å². The van der Waals surface area contributed by atoms with Crippen molar-refractivity contribution in [3.63, 3.8) is 0 Å². The summed E-state index contributed by atoms with van der Waals surface area (Å²) in [5.74, 6) is 0.995. The van der Waals surface area contributed by atoms with Gasteiger partial charge in [0.15, 0.2) is 0 Å². The van der Waals surface area contributed by atoms with Gasteiger partial charge in [-0.1, -0.05) is 13.0 Å². The van der Waals surface area contributed by atoms with Crippen molar-refractivity contribution in [1.82, 2.24) is 5.32 Å². The number of methoxy groups -OCH3 is 1. The fourth-order valence-electron chi connectivity index (χ4n) is 2.59. The number of hydrogen-bond donors (Lipinski definition) is 1. The Bertz CT molecular complexity index is 444. The van der Waals surface area contributed by atoms with Crippen molar-refractivity contribution in [1.29, 1.82) is 0 Å². The topological polar surface area (TPSA) is 24.5 Å². The van der Waals surface area contributed by atoms with E-state index >= 15 is 0 Å². The van der Waals surface area contributed by atoms with Gasteiger partial charge in [-0.3, -0.25) is 0 Å². The standard InChI is InChI=1S/C16H25FN2OS/c1-3-13-12-19(8-10-21-13)16-6-4-5-15(17)14(16)11-18-7-9-20-2/h4-6,13,18H,3,7-12H2,1-2H3. The Hall–Kier alpha value is -0.780. The molecule has 1 aromatic carbocycles. The van der Waals surface area contributed by atoms with E-state index in [9.17, 15) is 4.39 Å². The summed E-state index contributed by atoms with van der Waals surface area (Å²) in [5.41, 5.74) is 1.81. The molecule has 1 saturated heterocycles. The van der Waals surface area contributed by atoms with E-state index in [1.807, 2.05) is 23.9 Å². The van der Waals surface area contributed by atoms with Crippen LogP contribution in [0.4, 0.5) is 10.1 Å². The first-order valence-electron chi connectivity index (χ1n) is 7.59.